The highest BCUT2D eigenvalue weighted by Gasteiger charge is 2.09. The molecule has 0 amide bonds. The van der Waals surface area contributed by atoms with Gasteiger partial charge in [0.15, 0.2) is 0 Å². The zero-order valence-electron chi connectivity index (χ0n) is 10.6. The van der Waals surface area contributed by atoms with Crippen molar-refractivity contribution in [1.82, 2.24) is 0 Å². The summed E-state index contributed by atoms with van der Waals surface area (Å²) >= 11 is 11.9. The molecule has 0 saturated carbocycles. The van der Waals surface area contributed by atoms with Gasteiger partial charge in [-0.25, -0.2) is 0 Å². The number of nitrogens with one attached hydrogen (secondary N) is 1. The number of rotatable bonds is 4. The molecule has 0 heterocycles. The Balaban J connectivity index is 2.12. The molecule has 0 bridgehead atoms. The summed E-state index contributed by atoms with van der Waals surface area (Å²) in [5.74, 6) is 0. The van der Waals surface area contributed by atoms with Gasteiger partial charge in [0.25, 0.3) is 5.69 Å². The van der Waals surface area contributed by atoms with Crippen LogP contribution in [0.5, 0.6) is 0 Å². The van der Waals surface area contributed by atoms with Crippen molar-refractivity contribution >= 4 is 34.6 Å². The standard InChI is InChI=1S/C14H12Cl2N2O2/c1-9(10-2-7-13(15)14(16)8-10)17-11-3-5-12(6-4-11)18(19)20/h2-9,17H,1H3. The second kappa shape index (κ2) is 6.11. The molecule has 104 valence electrons. The first kappa shape index (κ1) is 14.6. The third-order valence-electron chi connectivity index (χ3n) is 2.90. The molecule has 2 aromatic rings. The van der Waals surface area contributed by atoms with Gasteiger partial charge in [-0.15, -0.1) is 0 Å². The fourth-order valence-corrected chi connectivity index (χ4v) is 2.10. The maximum Gasteiger partial charge on any atom is 0.269 e. The number of non-ortho nitro benzene ring substituents is 1. The maximum absolute atomic E-state index is 10.6. The minimum absolute atomic E-state index is 0.00576. The van der Waals surface area contributed by atoms with Gasteiger partial charge in [-0.2, -0.15) is 0 Å². The molecule has 0 aliphatic carbocycles. The van der Waals surface area contributed by atoms with Gasteiger partial charge < -0.3 is 5.32 Å². The van der Waals surface area contributed by atoms with Crippen LogP contribution in [-0.4, -0.2) is 4.92 Å². The number of nitro groups is 1. The highest BCUT2D eigenvalue weighted by Crippen LogP contribution is 2.27. The van der Waals surface area contributed by atoms with Crippen LogP contribution in [0, 0.1) is 10.1 Å². The van der Waals surface area contributed by atoms with Crippen LogP contribution in [0.15, 0.2) is 42.5 Å². The van der Waals surface area contributed by atoms with Crippen LogP contribution in [0.3, 0.4) is 0 Å². The first-order valence-electron chi connectivity index (χ1n) is 5.93. The lowest BCUT2D eigenvalue weighted by Crippen LogP contribution is -2.06. The smallest absolute Gasteiger partial charge is 0.269 e. The Morgan fingerprint density at radius 2 is 1.75 bits per heavy atom. The molecule has 1 atom stereocenters. The molecule has 4 nitrogen and oxygen atoms in total. The van der Waals surface area contributed by atoms with Gasteiger partial charge in [-0.3, -0.25) is 10.1 Å². The SMILES string of the molecule is CC(Nc1ccc([N+](=O)[O-])cc1)c1ccc(Cl)c(Cl)c1. The van der Waals surface area contributed by atoms with Crippen molar-refractivity contribution in [3.05, 3.63) is 68.2 Å². The van der Waals surface area contributed by atoms with Gasteiger partial charge in [0.2, 0.25) is 0 Å². The highest BCUT2D eigenvalue weighted by atomic mass is 35.5. The van der Waals surface area contributed by atoms with E-state index < -0.39 is 4.92 Å². The molecule has 1 N–H and O–H groups in total. The average Bonchev–Trinajstić information content (AvgIpc) is 2.42. The minimum Gasteiger partial charge on any atom is -0.379 e. The minimum atomic E-state index is -0.424. The molecule has 20 heavy (non-hydrogen) atoms. The first-order valence-corrected chi connectivity index (χ1v) is 6.69. The first-order chi connectivity index (χ1) is 9.47. The lowest BCUT2D eigenvalue weighted by Gasteiger charge is -2.16. The molecule has 0 aliphatic heterocycles. The maximum atomic E-state index is 10.6. The molecule has 0 aliphatic rings. The Morgan fingerprint density at radius 3 is 2.30 bits per heavy atom. The topological polar surface area (TPSA) is 55.2 Å². The molecule has 0 fully saturated rings. The fraction of sp³-hybridized carbons (Fsp3) is 0.143. The second-order valence-electron chi connectivity index (χ2n) is 4.34. The van der Waals surface area contributed by atoms with E-state index in [0.29, 0.717) is 10.0 Å². The Morgan fingerprint density at radius 1 is 1.10 bits per heavy atom. The van der Waals surface area contributed by atoms with E-state index in [9.17, 15) is 10.1 Å². The summed E-state index contributed by atoms with van der Waals surface area (Å²) < 4.78 is 0. The van der Waals surface area contributed by atoms with E-state index >= 15 is 0 Å². The lowest BCUT2D eigenvalue weighted by molar-refractivity contribution is -0.384. The summed E-state index contributed by atoms with van der Waals surface area (Å²) in [5, 5.41) is 14.8. The predicted molar refractivity (Wildman–Crippen MR) is 81.6 cm³/mol. The van der Waals surface area contributed by atoms with Gasteiger partial charge >= 0.3 is 0 Å². The van der Waals surface area contributed by atoms with E-state index in [1.165, 1.54) is 12.1 Å². The molecule has 1 unspecified atom stereocenters. The van der Waals surface area contributed by atoms with Crippen molar-refractivity contribution in [2.75, 3.05) is 5.32 Å². The number of hydrogen-bond donors (Lipinski definition) is 1. The van der Waals surface area contributed by atoms with Gasteiger partial charge in [0, 0.05) is 23.9 Å². The van der Waals surface area contributed by atoms with Crippen molar-refractivity contribution in [2.45, 2.75) is 13.0 Å². The summed E-state index contributed by atoms with van der Waals surface area (Å²) in [4.78, 5) is 10.2. The van der Waals surface area contributed by atoms with Crippen molar-refractivity contribution < 1.29 is 4.92 Å². The number of benzene rings is 2. The van der Waals surface area contributed by atoms with Crippen LogP contribution in [0.1, 0.15) is 18.5 Å². The van der Waals surface area contributed by atoms with Crippen LogP contribution in [0.25, 0.3) is 0 Å². The zero-order valence-corrected chi connectivity index (χ0v) is 12.2. The van der Waals surface area contributed by atoms with E-state index in [1.807, 2.05) is 13.0 Å². The molecule has 6 heteroatoms. The predicted octanol–water partition coefficient (Wildman–Crippen LogP) is 5.07. The molecule has 2 aromatic carbocycles. The molecule has 0 saturated heterocycles. The largest absolute Gasteiger partial charge is 0.379 e. The van der Waals surface area contributed by atoms with Crippen molar-refractivity contribution in [3.63, 3.8) is 0 Å². The molecular formula is C14H12Cl2N2O2. The van der Waals surface area contributed by atoms with Crippen molar-refractivity contribution in [2.24, 2.45) is 0 Å². The van der Waals surface area contributed by atoms with E-state index in [2.05, 4.69) is 5.32 Å². The van der Waals surface area contributed by atoms with Crippen LogP contribution in [-0.2, 0) is 0 Å². The number of nitrogens with zero attached hydrogens (tertiary/aromatic N) is 1. The summed E-state index contributed by atoms with van der Waals surface area (Å²) in [6, 6.07) is 11.7. The fourth-order valence-electron chi connectivity index (χ4n) is 1.79. The van der Waals surface area contributed by atoms with Gasteiger partial charge in [0.1, 0.15) is 0 Å². The van der Waals surface area contributed by atoms with Gasteiger partial charge in [0.05, 0.1) is 15.0 Å². The Labute approximate surface area is 126 Å². The molecular weight excluding hydrogens is 299 g/mol. The van der Waals surface area contributed by atoms with E-state index in [1.54, 1.807) is 24.3 Å². The number of nitro benzene ring substituents is 1. The van der Waals surface area contributed by atoms with Crippen LogP contribution >= 0.6 is 23.2 Å². The number of anilines is 1. The Kier molecular flexibility index (Phi) is 4.47. The average molecular weight is 311 g/mol. The van der Waals surface area contributed by atoms with Gasteiger partial charge in [-0.1, -0.05) is 29.3 Å². The van der Waals surface area contributed by atoms with Crippen molar-refractivity contribution in [3.8, 4) is 0 Å². The molecule has 0 spiro atoms. The lowest BCUT2D eigenvalue weighted by atomic mass is 10.1. The van der Waals surface area contributed by atoms with Gasteiger partial charge in [-0.05, 0) is 36.8 Å². The van der Waals surface area contributed by atoms with Crippen LogP contribution < -0.4 is 5.32 Å². The molecule has 0 aromatic heterocycles. The van der Waals surface area contributed by atoms with E-state index in [0.717, 1.165) is 11.3 Å². The quantitative estimate of drug-likeness (QED) is 0.633. The third-order valence-corrected chi connectivity index (χ3v) is 3.64. The number of halogens is 2. The Bertz CT molecular complexity index is 630. The normalized spacial score (nSPS) is 11.9. The second-order valence-corrected chi connectivity index (χ2v) is 5.16. The van der Waals surface area contributed by atoms with E-state index in [-0.39, 0.29) is 11.7 Å². The Hall–Kier alpha value is -1.78. The number of hydrogen-bond acceptors (Lipinski definition) is 3. The summed E-state index contributed by atoms with van der Waals surface area (Å²) in [5.41, 5.74) is 1.85. The highest BCUT2D eigenvalue weighted by molar-refractivity contribution is 6.42. The summed E-state index contributed by atoms with van der Waals surface area (Å²) in [6.45, 7) is 1.97. The molecule has 0 radical (unpaired) electrons. The monoisotopic (exact) mass is 310 g/mol. The van der Waals surface area contributed by atoms with Crippen LogP contribution in [0.2, 0.25) is 10.0 Å². The van der Waals surface area contributed by atoms with Crippen molar-refractivity contribution in [1.29, 1.82) is 0 Å². The van der Waals surface area contributed by atoms with E-state index in [4.69, 9.17) is 23.2 Å². The zero-order chi connectivity index (χ0) is 14.7. The molecule has 2 rings (SSSR count). The summed E-state index contributed by atoms with van der Waals surface area (Å²) in [7, 11) is 0. The summed E-state index contributed by atoms with van der Waals surface area (Å²) in [6.07, 6.45) is 0. The van der Waals surface area contributed by atoms with Crippen LogP contribution in [0.4, 0.5) is 11.4 Å². The third kappa shape index (κ3) is 3.40.